The molecule has 1 rings (SSSR count). The van der Waals surface area contributed by atoms with Crippen molar-refractivity contribution in [3.63, 3.8) is 0 Å². The molecule has 0 saturated carbocycles. The first-order valence-corrected chi connectivity index (χ1v) is 11.0. The molecule has 0 spiro atoms. The summed E-state index contributed by atoms with van der Waals surface area (Å²) in [5.41, 5.74) is -1.78. The van der Waals surface area contributed by atoms with Gasteiger partial charge < -0.3 is 18.6 Å². The van der Waals surface area contributed by atoms with E-state index in [4.69, 9.17) is 18.6 Å². The smallest absolute Gasteiger partial charge is 0.350 e. The molecule has 6 nitrogen and oxygen atoms in total. The summed E-state index contributed by atoms with van der Waals surface area (Å²) < 4.78 is 21.7. The first-order chi connectivity index (χ1) is 10.1. The number of ether oxygens (including phenoxy) is 3. The van der Waals surface area contributed by atoms with Crippen LogP contribution >= 0.6 is 0 Å². The van der Waals surface area contributed by atoms with Crippen LogP contribution in [-0.4, -0.2) is 45.2 Å². The Morgan fingerprint density at radius 2 is 1.73 bits per heavy atom. The fourth-order valence-electron chi connectivity index (χ4n) is 2.24. The van der Waals surface area contributed by atoms with E-state index in [9.17, 15) is 9.59 Å². The quantitative estimate of drug-likeness (QED) is 0.423. The second-order valence-corrected chi connectivity index (χ2v) is 10.5. The summed E-state index contributed by atoms with van der Waals surface area (Å²) in [6, 6.07) is 0. The predicted octanol–water partition coefficient (Wildman–Crippen LogP) is 2.40. The Balaban J connectivity index is 3.14. The van der Waals surface area contributed by atoms with Crippen LogP contribution in [0, 0.1) is 0 Å². The van der Waals surface area contributed by atoms with Gasteiger partial charge in [0.05, 0.1) is 31.5 Å². The van der Waals surface area contributed by atoms with Crippen LogP contribution in [0.25, 0.3) is 0 Å². The summed E-state index contributed by atoms with van der Waals surface area (Å²) in [5.74, 6) is -0.880. The summed E-state index contributed by atoms with van der Waals surface area (Å²) in [6.45, 7) is 11.5. The summed E-state index contributed by atoms with van der Waals surface area (Å²) in [7, 11) is -1.87. The Bertz CT molecular complexity index is 433. The highest BCUT2D eigenvalue weighted by Gasteiger charge is 2.54. The number of carbonyl (C=O) groups excluding carboxylic acids is 2. The molecule has 1 unspecified atom stereocenters. The van der Waals surface area contributed by atoms with Crippen LogP contribution in [-0.2, 0) is 28.2 Å². The highest BCUT2D eigenvalue weighted by Crippen LogP contribution is 2.33. The van der Waals surface area contributed by atoms with Crippen LogP contribution in [0.1, 0.15) is 27.2 Å². The normalized spacial score (nSPS) is 20.8. The first kappa shape index (κ1) is 18.7. The van der Waals surface area contributed by atoms with Crippen LogP contribution in [0.15, 0.2) is 11.8 Å². The molecule has 0 saturated heterocycles. The zero-order valence-corrected chi connectivity index (χ0v) is 15.2. The van der Waals surface area contributed by atoms with E-state index in [2.05, 4.69) is 0 Å². The van der Waals surface area contributed by atoms with E-state index in [-0.39, 0.29) is 19.6 Å². The molecule has 1 heterocycles. The first-order valence-electron chi connectivity index (χ1n) is 7.56. The van der Waals surface area contributed by atoms with Crippen molar-refractivity contribution in [1.29, 1.82) is 0 Å². The standard InChI is InChI=1S/C15H26O6Si/c1-7-18-13(16)15(14(17)19-8-2)10-12(9-11(3)20-15)21-22(4,5)6/h9,11H,7-8,10H2,1-6H3. The lowest BCUT2D eigenvalue weighted by atomic mass is 9.94. The topological polar surface area (TPSA) is 71.1 Å². The minimum Gasteiger partial charge on any atom is -0.547 e. The Hall–Kier alpha value is -1.34. The van der Waals surface area contributed by atoms with Gasteiger partial charge in [0.25, 0.3) is 5.60 Å². The fourth-order valence-corrected chi connectivity index (χ4v) is 3.17. The Morgan fingerprint density at radius 1 is 1.23 bits per heavy atom. The molecule has 0 bridgehead atoms. The van der Waals surface area contributed by atoms with Crippen molar-refractivity contribution >= 4 is 20.3 Å². The van der Waals surface area contributed by atoms with E-state index in [1.54, 1.807) is 26.8 Å². The molecule has 0 aromatic carbocycles. The maximum Gasteiger partial charge on any atom is 0.350 e. The number of carbonyl (C=O) groups is 2. The maximum atomic E-state index is 12.4. The van der Waals surface area contributed by atoms with Crippen molar-refractivity contribution in [3.05, 3.63) is 11.8 Å². The summed E-state index contributed by atoms with van der Waals surface area (Å²) in [5, 5.41) is 0. The van der Waals surface area contributed by atoms with Crippen molar-refractivity contribution in [3.8, 4) is 0 Å². The van der Waals surface area contributed by atoms with Gasteiger partial charge in [-0.05, 0) is 46.5 Å². The molecule has 1 aliphatic heterocycles. The minimum atomic E-state index is -1.87. The molecule has 126 valence electrons. The third-order valence-electron chi connectivity index (χ3n) is 2.88. The number of esters is 2. The van der Waals surface area contributed by atoms with Gasteiger partial charge in [0.1, 0.15) is 0 Å². The monoisotopic (exact) mass is 330 g/mol. The van der Waals surface area contributed by atoms with Gasteiger partial charge in [0.2, 0.25) is 8.32 Å². The summed E-state index contributed by atoms with van der Waals surface area (Å²) in [4.78, 5) is 24.7. The third-order valence-corrected chi connectivity index (χ3v) is 3.75. The van der Waals surface area contributed by atoms with E-state index in [1.165, 1.54) is 0 Å². The molecule has 0 radical (unpaired) electrons. The second-order valence-electron chi connectivity index (χ2n) is 6.12. The lowest BCUT2D eigenvalue weighted by Gasteiger charge is -2.37. The maximum absolute atomic E-state index is 12.4. The molecule has 0 aromatic rings. The van der Waals surface area contributed by atoms with Crippen LogP contribution < -0.4 is 0 Å². The van der Waals surface area contributed by atoms with Gasteiger partial charge in [-0.3, -0.25) is 0 Å². The average molecular weight is 330 g/mol. The van der Waals surface area contributed by atoms with Gasteiger partial charge in [0.15, 0.2) is 0 Å². The Labute approximate surface area is 132 Å². The van der Waals surface area contributed by atoms with Crippen molar-refractivity contribution in [2.24, 2.45) is 0 Å². The van der Waals surface area contributed by atoms with Crippen molar-refractivity contribution in [1.82, 2.24) is 0 Å². The lowest BCUT2D eigenvalue weighted by molar-refractivity contribution is -0.197. The molecule has 1 aliphatic rings. The van der Waals surface area contributed by atoms with Gasteiger partial charge in [-0.2, -0.15) is 0 Å². The second kappa shape index (κ2) is 7.28. The minimum absolute atomic E-state index is 0.000718. The number of rotatable bonds is 6. The average Bonchev–Trinajstić information content (AvgIpc) is 2.36. The van der Waals surface area contributed by atoms with Crippen molar-refractivity contribution in [2.45, 2.75) is 58.5 Å². The molecule has 0 aliphatic carbocycles. The van der Waals surface area contributed by atoms with E-state index in [1.807, 2.05) is 19.6 Å². The third kappa shape index (κ3) is 4.57. The molecule has 1 atom stereocenters. The van der Waals surface area contributed by atoms with Gasteiger partial charge in [0, 0.05) is 0 Å². The van der Waals surface area contributed by atoms with Crippen LogP contribution in [0.3, 0.4) is 0 Å². The molecule has 0 aromatic heterocycles. The van der Waals surface area contributed by atoms with E-state index < -0.39 is 32.0 Å². The van der Waals surface area contributed by atoms with Crippen LogP contribution in [0.4, 0.5) is 0 Å². The molecule has 7 heteroatoms. The zero-order chi connectivity index (χ0) is 17.0. The van der Waals surface area contributed by atoms with E-state index in [0.717, 1.165) is 0 Å². The zero-order valence-electron chi connectivity index (χ0n) is 14.2. The fraction of sp³-hybridized carbons (Fsp3) is 0.733. The molecular weight excluding hydrogens is 304 g/mol. The summed E-state index contributed by atoms with van der Waals surface area (Å²) in [6.07, 6.45) is 1.34. The van der Waals surface area contributed by atoms with Crippen molar-refractivity contribution in [2.75, 3.05) is 13.2 Å². The van der Waals surface area contributed by atoms with E-state index >= 15 is 0 Å². The SMILES string of the molecule is CCOC(=O)C1(C(=O)OCC)CC(O[Si](C)(C)C)=CC(C)O1. The van der Waals surface area contributed by atoms with Gasteiger partial charge >= 0.3 is 11.9 Å². The van der Waals surface area contributed by atoms with E-state index in [0.29, 0.717) is 5.76 Å². The van der Waals surface area contributed by atoms with Gasteiger partial charge in [-0.15, -0.1) is 0 Å². The van der Waals surface area contributed by atoms with Gasteiger partial charge in [-0.25, -0.2) is 9.59 Å². The lowest BCUT2D eigenvalue weighted by Crippen LogP contribution is -2.55. The number of hydrogen-bond donors (Lipinski definition) is 0. The highest BCUT2D eigenvalue weighted by atomic mass is 28.4. The number of hydrogen-bond acceptors (Lipinski definition) is 6. The Kier molecular flexibility index (Phi) is 6.19. The molecule has 0 N–H and O–H groups in total. The van der Waals surface area contributed by atoms with Gasteiger partial charge in [-0.1, -0.05) is 0 Å². The van der Waals surface area contributed by atoms with Crippen LogP contribution in [0.2, 0.25) is 19.6 Å². The highest BCUT2D eigenvalue weighted by molar-refractivity contribution is 6.70. The molecule has 22 heavy (non-hydrogen) atoms. The van der Waals surface area contributed by atoms with Crippen LogP contribution in [0.5, 0.6) is 0 Å². The predicted molar refractivity (Wildman–Crippen MR) is 83.7 cm³/mol. The Morgan fingerprint density at radius 3 is 2.14 bits per heavy atom. The molecular formula is C15H26O6Si. The molecule has 0 fully saturated rings. The molecule has 0 amide bonds. The largest absolute Gasteiger partial charge is 0.547 e. The summed E-state index contributed by atoms with van der Waals surface area (Å²) >= 11 is 0. The van der Waals surface area contributed by atoms with Crippen molar-refractivity contribution < 1.29 is 28.2 Å².